The highest BCUT2D eigenvalue weighted by Gasteiger charge is 2.21. The first-order valence-corrected chi connectivity index (χ1v) is 7.62. The van der Waals surface area contributed by atoms with Crippen LogP contribution in [-0.4, -0.2) is 29.6 Å². The predicted octanol–water partition coefficient (Wildman–Crippen LogP) is 3.18. The second kappa shape index (κ2) is 6.36. The molecule has 0 amide bonds. The summed E-state index contributed by atoms with van der Waals surface area (Å²) in [5.41, 5.74) is 3.35. The Morgan fingerprint density at radius 2 is 2.18 bits per heavy atom. The van der Waals surface area contributed by atoms with E-state index in [0.717, 1.165) is 42.5 Å². The van der Waals surface area contributed by atoms with E-state index in [-0.39, 0.29) is 6.10 Å². The molecule has 0 aliphatic carbocycles. The molecular formula is C18H22N2O2. The lowest BCUT2D eigenvalue weighted by Crippen LogP contribution is -2.30. The van der Waals surface area contributed by atoms with Gasteiger partial charge in [-0.2, -0.15) is 0 Å². The molecule has 0 fully saturated rings. The number of hydrogen-bond donors (Lipinski definition) is 0. The van der Waals surface area contributed by atoms with E-state index in [0.29, 0.717) is 0 Å². The Morgan fingerprint density at radius 3 is 2.95 bits per heavy atom. The third kappa shape index (κ3) is 3.39. The van der Waals surface area contributed by atoms with Crippen LogP contribution in [-0.2, 0) is 13.1 Å². The number of aryl methyl sites for hydroxylation is 1. The summed E-state index contributed by atoms with van der Waals surface area (Å²) in [6, 6.07) is 12.2. The minimum Gasteiger partial charge on any atom is -0.497 e. The molecule has 1 unspecified atom stereocenters. The highest BCUT2D eigenvalue weighted by atomic mass is 16.5. The Kier molecular flexibility index (Phi) is 4.29. The van der Waals surface area contributed by atoms with Crippen molar-refractivity contribution in [2.24, 2.45) is 0 Å². The maximum atomic E-state index is 6.05. The largest absolute Gasteiger partial charge is 0.497 e. The van der Waals surface area contributed by atoms with E-state index in [1.165, 1.54) is 5.56 Å². The van der Waals surface area contributed by atoms with Crippen LogP contribution in [0.15, 0.2) is 36.4 Å². The highest BCUT2D eigenvalue weighted by molar-refractivity contribution is 5.41. The van der Waals surface area contributed by atoms with Crippen molar-refractivity contribution >= 4 is 0 Å². The van der Waals surface area contributed by atoms with Crippen LogP contribution in [0, 0.1) is 6.92 Å². The number of rotatable bonds is 3. The fourth-order valence-corrected chi connectivity index (χ4v) is 2.86. The molecule has 0 N–H and O–H groups in total. The molecule has 0 spiro atoms. The molecule has 1 aromatic heterocycles. The lowest BCUT2D eigenvalue weighted by Gasteiger charge is -2.21. The number of ether oxygens (including phenoxy) is 2. The molecule has 0 saturated heterocycles. The second-order valence-corrected chi connectivity index (χ2v) is 5.84. The molecule has 1 aromatic carbocycles. The summed E-state index contributed by atoms with van der Waals surface area (Å²) in [5.74, 6) is 1.76. The molecule has 4 nitrogen and oxygen atoms in total. The van der Waals surface area contributed by atoms with Gasteiger partial charge in [0.25, 0.3) is 0 Å². The molecule has 1 aliphatic rings. The zero-order chi connectivity index (χ0) is 15.5. The van der Waals surface area contributed by atoms with Crippen molar-refractivity contribution < 1.29 is 9.47 Å². The van der Waals surface area contributed by atoms with E-state index in [1.54, 1.807) is 7.11 Å². The molecule has 0 saturated carbocycles. The normalized spacial score (nSPS) is 18.2. The number of benzene rings is 1. The lowest BCUT2D eigenvalue weighted by molar-refractivity contribution is 0.155. The van der Waals surface area contributed by atoms with Gasteiger partial charge in [-0.3, -0.25) is 9.88 Å². The van der Waals surface area contributed by atoms with E-state index < -0.39 is 0 Å². The minimum absolute atomic E-state index is 0.137. The van der Waals surface area contributed by atoms with Gasteiger partial charge in [-0.1, -0.05) is 12.1 Å². The van der Waals surface area contributed by atoms with E-state index in [2.05, 4.69) is 35.0 Å². The first-order chi connectivity index (χ1) is 10.6. The van der Waals surface area contributed by atoms with Crippen molar-refractivity contribution in [3.05, 3.63) is 53.3 Å². The first-order valence-electron chi connectivity index (χ1n) is 7.62. The minimum atomic E-state index is 0.137. The van der Waals surface area contributed by atoms with Crippen molar-refractivity contribution in [1.82, 2.24) is 9.88 Å². The fourth-order valence-electron chi connectivity index (χ4n) is 2.86. The van der Waals surface area contributed by atoms with Crippen LogP contribution in [0.5, 0.6) is 11.5 Å². The summed E-state index contributed by atoms with van der Waals surface area (Å²) in [5, 5.41) is 0. The van der Waals surface area contributed by atoms with Gasteiger partial charge in [0, 0.05) is 37.0 Å². The third-order valence-corrected chi connectivity index (χ3v) is 3.84. The summed E-state index contributed by atoms with van der Waals surface area (Å²) in [7, 11) is 1.68. The number of hydrogen-bond acceptors (Lipinski definition) is 4. The summed E-state index contributed by atoms with van der Waals surface area (Å²) in [4.78, 5) is 6.98. The molecule has 1 aliphatic heterocycles. The Bertz CT molecular complexity index is 657. The molecule has 22 heavy (non-hydrogen) atoms. The predicted molar refractivity (Wildman–Crippen MR) is 86.2 cm³/mol. The first kappa shape index (κ1) is 14.9. The highest BCUT2D eigenvalue weighted by Crippen LogP contribution is 2.29. The van der Waals surface area contributed by atoms with Gasteiger partial charge in [-0.05, 0) is 32.0 Å². The Balaban J connectivity index is 1.81. The summed E-state index contributed by atoms with van der Waals surface area (Å²) in [6.07, 6.45) is 0.137. The molecule has 0 bridgehead atoms. The zero-order valence-electron chi connectivity index (χ0n) is 13.4. The zero-order valence-corrected chi connectivity index (χ0v) is 13.4. The van der Waals surface area contributed by atoms with Gasteiger partial charge in [0.15, 0.2) is 0 Å². The summed E-state index contributed by atoms with van der Waals surface area (Å²) >= 11 is 0. The molecule has 2 heterocycles. The average molecular weight is 298 g/mol. The fraction of sp³-hybridized carbons (Fsp3) is 0.389. The van der Waals surface area contributed by atoms with Gasteiger partial charge >= 0.3 is 0 Å². The van der Waals surface area contributed by atoms with Crippen LogP contribution in [0.2, 0.25) is 0 Å². The summed E-state index contributed by atoms with van der Waals surface area (Å²) < 4.78 is 11.3. The number of nitrogens with zero attached hydrogens (tertiary/aromatic N) is 2. The topological polar surface area (TPSA) is 34.6 Å². The van der Waals surface area contributed by atoms with Gasteiger partial charge in [0.05, 0.1) is 12.8 Å². The van der Waals surface area contributed by atoms with Crippen LogP contribution < -0.4 is 9.47 Å². The van der Waals surface area contributed by atoms with Crippen LogP contribution in [0.3, 0.4) is 0 Å². The lowest BCUT2D eigenvalue weighted by atomic mass is 10.1. The van der Waals surface area contributed by atoms with Gasteiger partial charge < -0.3 is 9.47 Å². The molecule has 2 aromatic rings. The molecular weight excluding hydrogens is 276 g/mol. The van der Waals surface area contributed by atoms with Gasteiger partial charge in [-0.25, -0.2) is 0 Å². The average Bonchev–Trinajstić information content (AvgIpc) is 2.63. The van der Waals surface area contributed by atoms with Crippen LogP contribution in [0.25, 0.3) is 0 Å². The van der Waals surface area contributed by atoms with Gasteiger partial charge in [0.1, 0.15) is 17.6 Å². The van der Waals surface area contributed by atoms with Crippen LogP contribution in [0.1, 0.15) is 23.9 Å². The second-order valence-electron chi connectivity index (χ2n) is 5.84. The van der Waals surface area contributed by atoms with E-state index in [4.69, 9.17) is 9.47 Å². The molecule has 116 valence electrons. The number of fused-ring (bicyclic) bond motifs is 1. The smallest absolute Gasteiger partial charge is 0.127 e. The van der Waals surface area contributed by atoms with Crippen molar-refractivity contribution in [3.63, 3.8) is 0 Å². The Morgan fingerprint density at radius 1 is 1.32 bits per heavy atom. The number of pyridine rings is 1. The van der Waals surface area contributed by atoms with Crippen molar-refractivity contribution in [3.8, 4) is 11.5 Å². The molecule has 3 rings (SSSR count). The van der Waals surface area contributed by atoms with Gasteiger partial charge in [-0.15, -0.1) is 0 Å². The third-order valence-electron chi connectivity index (χ3n) is 3.84. The summed E-state index contributed by atoms with van der Waals surface area (Å²) in [6.45, 7) is 6.71. The number of aromatic nitrogens is 1. The Hall–Kier alpha value is -2.07. The van der Waals surface area contributed by atoms with E-state index in [9.17, 15) is 0 Å². The quantitative estimate of drug-likeness (QED) is 0.871. The van der Waals surface area contributed by atoms with Crippen LogP contribution in [0.4, 0.5) is 0 Å². The monoisotopic (exact) mass is 298 g/mol. The number of methoxy groups -OCH3 is 1. The van der Waals surface area contributed by atoms with Crippen molar-refractivity contribution in [2.75, 3.05) is 13.7 Å². The standard InChI is InChI=1S/C18H22N2O2/c1-13-5-4-6-16(19-13)12-20-10-14(2)22-18-9-17(21-3)8-7-15(18)11-20/h4-9,14H,10-12H2,1-3H3. The van der Waals surface area contributed by atoms with Gasteiger partial charge in [0.2, 0.25) is 0 Å². The maximum Gasteiger partial charge on any atom is 0.127 e. The maximum absolute atomic E-state index is 6.05. The molecule has 4 heteroatoms. The Labute approximate surface area is 131 Å². The van der Waals surface area contributed by atoms with Crippen molar-refractivity contribution in [1.29, 1.82) is 0 Å². The van der Waals surface area contributed by atoms with Crippen LogP contribution >= 0.6 is 0 Å². The van der Waals surface area contributed by atoms with E-state index >= 15 is 0 Å². The van der Waals surface area contributed by atoms with E-state index in [1.807, 2.05) is 25.1 Å². The molecule has 0 radical (unpaired) electrons. The SMILES string of the molecule is COc1ccc2c(c1)OC(C)CN(Cc1cccc(C)n1)C2. The molecule has 1 atom stereocenters. The van der Waals surface area contributed by atoms with Crippen molar-refractivity contribution in [2.45, 2.75) is 33.0 Å².